The van der Waals surface area contributed by atoms with E-state index in [9.17, 15) is 24.8 Å². The normalized spacial score (nSPS) is 14.5. The molecule has 0 amide bonds. The molecule has 0 saturated carbocycles. The number of aliphatic hydroxyl groups is 1. The Bertz CT molecular complexity index is 1030. The van der Waals surface area contributed by atoms with Crippen molar-refractivity contribution < 1.29 is 19.6 Å². The van der Waals surface area contributed by atoms with Crippen LogP contribution >= 0.6 is 0 Å². The van der Waals surface area contributed by atoms with E-state index in [0.717, 1.165) is 0 Å². The SMILES string of the molecule is CC(=O)C1=C(O)c2c(cccc2[N+](=O)[O-])C1=Nc1cccc(C(C)=O)c1. The van der Waals surface area contributed by atoms with E-state index >= 15 is 0 Å². The van der Waals surface area contributed by atoms with E-state index in [2.05, 4.69) is 4.99 Å². The van der Waals surface area contributed by atoms with Gasteiger partial charge < -0.3 is 5.11 Å². The molecule has 3 rings (SSSR count). The van der Waals surface area contributed by atoms with Crippen molar-refractivity contribution in [3.05, 3.63) is 74.8 Å². The fraction of sp³-hybridized carbons (Fsp3) is 0.105. The lowest BCUT2D eigenvalue weighted by atomic mass is 10.0. The Balaban J connectivity index is 2.27. The second kappa shape index (κ2) is 6.36. The van der Waals surface area contributed by atoms with Gasteiger partial charge in [0.2, 0.25) is 0 Å². The molecular formula is C19H14N2O5. The maximum Gasteiger partial charge on any atom is 0.281 e. The average molecular weight is 350 g/mol. The molecule has 0 spiro atoms. The Kier molecular flexibility index (Phi) is 4.21. The zero-order valence-corrected chi connectivity index (χ0v) is 14.0. The van der Waals surface area contributed by atoms with Crippen molar-refractivity contribution >= 4 is 34.4 Å². The van der Waals surface area contributed by atoms with Crippen LogP contribution in [0.5, 0.6) is 0 Å². The molecule has 0 atom stereocenters. The predicted molar refractivity (Wildman–Crippen MR) is 96.0 cm³/mol. The Morgan fingerprint density at radius 2 is 1.77 bits per heavy atom. The summed E-state index contributed by atoms with van der Waals surface area (Å²) in [4.78, 5) is 38.7. The molecule has 2 aromatic rings. The van der Waals surface area contributed by atoms with Crippen molar-refractivity contribution in [1.82, 2.24) is 0 Å². The molecule has 0 fully saturated rings. The second-order valence-electron chi connectivity index (χ2n) is 5.80. The smallest absolute Gasteiger partial charge is 0.281 e. The second-order valence-corrected chi connectivity index (χ2v) is 5.80. The van der Waals surface area contributed by atoms with Gasteiger partial charge in [0.05, 0.1) is 21.9 Å². The maximum absolute atomic E-state index is 12.1. The summed E-state index contributed by atoms with van der Waals surface area (Å²) in [6.07, 6.45) is 0. The number of hydrogen-bond acceptors (Lipinski definition) is 6. The third-order valence-electron chi connectivity index (χ3n) is 4.05. The van der Waals surface area contributed by atoms with Crippen molar-refractivity contribution in [2.45, 2.75) is 13.8 Å². The number of aliphatic hydroxyl groups excluding tert-OH is 1. The third kappa shape index (κ3) is 2.79. The molecule has 0 radical (unpaired) electrons. The van der Waals surface area contributed by atoms with Crippen LogP contribution in [0.15, 0.2) is 53.0 Å². The first-order valence-electron chi connectivity index (χ1n) is 7.73. The van der Waals surface area contributed by atoms with Gasteiger partial charge in [-0.2, -0.15) is 0 Å². The van der Waals surface area contributed by atoms with Gasteiger partial charge in [-0.25, -0.2) is 4.99 Å². The van der Waals surface area contributed by atoms with Gasteiger partial charge in [-0.15, -0.1) is 0 Å². The minimum atomic E-state index is -0.619. The molecule has 0 aliphatic heterocycles. The Hall–Kier alpha value is -3.61. The lowest BCUT2D eigenvalue weighted by Gasteiger charge is -2.04. The lowest BCUT2D eigenvalue weighted by Crippen LogP contribution is -2.08. The van der Waals surface area contributed by atoms with Gasteiger partial charge in [0.1, 0.15) is 11.3 Å². The number of nitrogens with zero attached hydrogens (tertiary/aromatic N) is 2. The number of fused-ring (bicyclic) bond motifs is 1. The van der Waals surface area contributed by atoms with Gasteiger partial charge in [0.15, 0.2) is 11.6 Å². The quantitative estimate of drug-likeness (QED) is 0.512. The lowest BCUT2D eigenvalue weighted by molar-refractivity contribution is -0.385. The Morgan fingerprint density at radius 1 is 1.08 bits per heavy atom. The number of benzene rings is 2. The molecule has 0 aromatic heterocycles. The van der Waals surface area contributed by atoms with Gasteiger partial charge in [0, 0.05) is 17.2 Å². The zero-order chi connectivity index (χ0) is 19.0. The molecule has 26 heavy (non-hydrogen) atoms. The molecular weight excluding hydrogens is 336 g/mol. The number of nitro groups is 1. The van der Waals surface area contributed by atoms with Gasteiger partial charge in [-0.1, -0.05) is 24.3 Å². The summed E-state index contributed by atoms with van der Waals surface area (Å²) in [7, 11) is 0. The fourth-order valence-electron chi connectivity index (χ4n) is 2.88. The highest BCUT2D eigenvalue weighted by atomic mass is 16.6. The van der Waals surface area contributed by atoms with Crippen LogP contribution in [0.2, 0.25) is 0 Å². The number of Topliss-reactive ketones (excluding diaryl/α,β-unsaturated/α-hetero) is 2. The van der Waals surface area contributed by atoms with E-state index in [1.165, 1.54) is 26.0 Å². The van der Waals surface area contributed by atoms with E-state index in [0.29, 0.717) is 16.8 Å². The van der Waals surface area contributed by atoms with Crippen molar-refractivity contribution in [3.63, 3.8) is 0 Å². The summed E-state index contributed by atoms with van der Waals surface area (Å²) >= 11 is 0. The standard InChI is InChI=1S/C19H14N2O5/c1-10(22)12-5-3-6-13(9-12)20-18-14-7-4-8-15(21(25)26)17(14)19(24)16(18)11(2)23/h3-9,24H,1-2H3. The molecule has 130 valence electrons. The van der Waals surface area contributed by atoms with E-state index in [-0.39, 0.29) is 28.3 Å². The molecule has 0 heterocycles. The zero-order valence-electron chi connectivity index (χ0n) is 14.0. The summed E-state index contributed by atoms with van der Waals surface area (Å²) in [5.41, 5.74) is 0.887. The van der Waals surface area contributed by atoms with Gasteiger partial charge >= 0.3 is 0 Å². The number of rotatable bonds is 4. The van der Waals surface area contributed by atoms with E-state index in [1.807, 2.05) is 0 Å². The summed E-state index contributed by atoms with van der Waals surface area (Å²) in [5.74, 6) is -1.06. The number of nitro benzene ring substituents is 1. The molecule has 1 aliphatic carbocycles. The molecule has 0 unspecified atom stereocenters. The van der Waals surface area contributed by atoms with Crippen LogP contribution in [0, 0.1) is 10.1 Å². The highest BCUT2D eigenvalue weighted by Gasteiger charge is 2.36. The number of carbonyl (C=O) groups excluding carboxylic acids is 2. The van der Waals surface area contributed by atoms with Gasteiger partial charge in [-0.3, -0.25) is 19.7 Å². The average Bonchev–Trinajstić information content (AvgIpc) is 2.87. The van der Waals surface area contributed by atoms with Crippen LogP contribution in [-0.2, 0) is 4.79 Å². The van der Waals surface area contributed by atoms with E-state index < -0.39 is 16.5 Å². The first kappa shape index (κ1) is 17.2. The van der Waals surface area contributed by atoms with Crippen molar-refractivity contribution in [1.29, 1.82) is 0 Å². The van der Waals surface area contributed by atoms with E-state index in [1.54, 1.807) is 30.3 Å². The minimum Gasteiger partial charge on any atom is -0.506 e. The predicted octanol–water partition coefficient (Wildman–Crippen LogP) is 3.79. The summed E-state index contributed by atoms with van der Waals surface area (Å²) < 4.78 is 0. The van der Waals surface area contributed by atoms with Crippen LogP contribution in [0.3, 0.4) is 0 Å². The van der Waals surface area contributed by atoms with Crippen molar-refractivity contribution in [2.75, 3.05) is 0 Å². The first-order valence-corrected chi connectivity index (χ1v) is 7.73. The van der Waals surface area contributed by atoms with Crippen LogP contribution in [0.25, 0.3) is 5.76 Å². The molecule has 2 aromatic carbocycles. The largest absolute Gasteiger partial charge is 0.506 e. The molecule has 7 nitrogen and oxygen atoms in total. The summed E-state index contributed by atoms with van der Waals surface area (Å²) in [6, 6.07) is 10.8. The molecule has 0 saturated heterocycles. The van der Waals surface area contributed by atoms with Crippen LogP contribution < -0.4 is 0 Å². The van der Waals surface area contributed by atoms with Crippen LogP contribution in [-0.4, -0.2) is 27.3 Å². The maximum atomic E-state index is 12.1. The summed E-state index contributed by atoms with van der Waals surface area (Å²) in [6.45, 7) is 2.68. The molecule has 0 bridgehead atoms. The fourth-order valence-corrected chi connectivity index (χ4v) is 2.88. The number of carbonyl (C=O) groups is 2. The Morgan fingerprint density at radius 3 is 2.38 bits per heavy atom. The number of aliphatic imine (C=N–C) groups is 1. The molecule has 7 heteroatoms. The summed E-state index contributed by atoms with van der Waals surface area (Å²) in [5, 5.41) is 21.7. The van der Waals surface area contributed by atoms with Crippen LogP contribution in [0.1, 0.15) is 35.3 Å². The Labute approximate surface area is 148 Å². The van der Waals surface area contributed by atoms with Crippen LogP contribution in [0.4, 0.5) is 11.4 Å². The van der Waals surface area contributed by atoms with Gasteiger partial charge in [0.25, 0.3) is 5.69 Å². The van der Waals surface area contributed by atoms with Crippen molar-refractivity contribution in [3.8, 4) is 0 Å². The number of hydrogen-bond donors (Lipinski definition) is 1. The highest BCUT2D eigenvalue weighted by molar-refractivity contribution is 6.36. The number of ketones is 2. The number of allylic oxidation sites excluding steroid dienone is 1. The molecule has 1 N–H and O–H groups in total. The van der Waals surface area contributed by atoms with E-state index in [4.69, 9.17) is 0 Å². The monoisotopic (exact) mass is 350 g/mol. The minimum absolute atomic E-state index is 0.0239. The highest BCUT2D eigenvalue weighted by Crippen LogP contribution is 2.39. The van der Waals surface area contributed by atoms with Crippen molar-refractivity contribution in [2.24, 2.45) is 4.99 Å². The first-order chi connectivity index (χ1) is 12.3. The molecule has 1 aliphatic rings. The van der Waals surface area contributed by atoms with Gasteiger partial charge in [-0.05, 0) is 26.0 Å². The third-order valence-corrected chi connectivity index (χ3v) is 4.05. The topological polar surface area (TPSA) is 110 Å².